The molecule has 0 heterocycles. The maximum Gasteiger partial charge on any atom is 0.244 e. The third kappa shape index (κ3) is 3.67. The van der Waals surface area contributed by atoms with E-state index in [0.717, 1.165) is 5.56 Å². The zero-order chi connectivity index (χ0) is 10.2. The Balaban J connectivity index is 2.48. The molecule has 0 aliphatic rings. The largest absolute Gasteiger partial charge is 0.345 e. The topological polar surface area (TPSA) is 46.2 Å². The van der Waals surface area contributed by atoms with Gasteiger partial charge in [-0.1, -0.05) is 30.3 Å². The van der Waals surface area contributed by atoms with Crippen molar-refractivity contribution in [2.45, 2.75) is 0 Å². The standard InChI is InChI=1S/C11H10NO2/c13-9-8-12-11(14)7-6-10-4-2-1-3-5-10/h1-7H,8H2,(H,12,14). The summed E-state index contributed by atoms with van der Waals surface area (Å²) in [6, 6.07) is 9.44. The molecule has 0 spiro atoms. The Morgan fingerprint density at radius 3 is 2.71 bits per heavy atom. The molecule has 0 aromatic heterocycles. The molecule has 0 atom stereocenters. The molecule has 0 aliphatic heterocycles. The van der Waals surface area contributed by atoms with Gasteiger partial charge in [0.25, 0.3) is 0 Å². The van der Waals surface area contributed by atoms with Crippen molar-refractivity contribution in [3.8, 4) is 0 Å². The lowest BCUT2D eigenvalue weighted by molar-refractivity contribution is -0.116. The van der Waals surface area contributed by atoms with E-state index in [4.69, 9.17) is 0 Å². The molecule has 1 N–H and O–H groups in total. The van der Waals surface area contributed by atoms with Crippen LogP contribution >= 0.6 is 0 Å². The summed E-state index contributed by atoms with van der Waals surface area (Å²) in [5, 5.41) is 2.35. The maximum atomic E-state index is 11.0. The molecule has 1 amide bonds. The predicted molar refractivity (Wildman–Crippen MR) is 54.2 cm³/mol. The first kappa shape index (κ1) is 10.2. The number of hydrogen-bond acceptors (Lipinski definition) is 2. The van der Waals surface area contributed by atoms with Gasteiger partial charge in [-0.3, -0.25) is 9.59 Å². The van der Waals surface area contributed by atoms with Crippen LogP contribution in [0.4, 0.5) is 0 Å². The normalized spacial score (nSPS) is 10.0. The van der Waals surface area contributed by atoms with Gasteiger partial charge in [-0.2, -0.15) is 0 Å². The number of amides is 1. The number of hydrogen-bond donors (Lipinski definition) is 1. The predicted octanol–water partition coefficient (Wildman–Crippen LogP) is 0.926. The third-order valence-electron chi connectivity index (χ3n) is 1.56. The number of rotatable bonds is 4. The Hall–Kier alpha value is -1.90. The average molecular weight is 188 g/mol. The van der Waals surface area contributed by atoms with E-state index in [1.165, 1.54) is 6.08 Å². The summed E-state index contributed by atoms with van der Waals surface area (Å²) >= 11 is 0. The SMILES string of the molecule is O=[C]CNC(=O)C=Cc1ccccc1. The molecule has 3 heteroatoms. The van der Waals surface area contributed by atoms with E-state index in [0.29, 0.717) is 0 Å². The van der Waals surface area contributed by atoms with Gasteiger partial charge in [0.2, 0.25) is 12.2 Å². The number of nitrogens with one attached hydrogen (secondary N) is 1. The molecule has 0 aliphatic carbocycles. The van der Waals surface area contributed by atoms with Crippen LogP contribution in [0, 0.1) is 0 Å². The van der Waals surface area contributed by atoms with Crippen molar-refractivity contribution >= 4 is 18.3 Å². The molecule has 3 nitrogen and oxygen atoms in total. The maximum absolute atomic E-state index is 11.0. The van der Waals surface area contributed by atoms with Crippen LogP contribution in [-0.4, -0.2) is 18.7 Å². The van der Waals surface area contributed by atoms with Crippen molar-refractivity contribution in [3.05, 3.63) is 42.0 Å². The third-order valence-corrected chi connectivity index (χ3v) is 1.56. The van der Waals surface area contributed by atoms with E-state index < -0.39 is 0 Å². The Morgan fingerprint density at radius 2 is 2.07 bits per heavy atom. The molecule has 0 fully saturated rings. The highest BCUT2D eigenvalue weighted by Crippen LogP contribution is 2.00. The van der Waals surface area contributed by atoms with Gasteiger partial charge in [-0.05, 0) is 11.6 Å². The summed E-state index contributed by atoms with van der Waals surface area (Å²) in [5.41, 5.74) is 0.942. The Morgan fingerprint density at radius 1 is 1.36 bits per heavy atom. The lowest BCUT2D eigenvalue weighted by Crippen LogP contribution is -2.22. The molecule has 1 aromatic rings. The fourth-order valence-corrected chi connectivity index (χ4v) is 0.918. The van der Waals surface area contributed by atoms with Crippen molar-refractivity contribution in [1.29, 1.82) is 0 Å². The van der Waals surface area contributed by atoms with Gasteiger partial charge in [0.1, 0.15) is 0 Å². The summed E-state index contributed by atoms with van der Waals surface area (Å²) in [7, 11) is 0. The van der Waals surface area contributed by atoms with E-state index >= 15 is 0 Å². The van der Waals surface area contributed by atoms with Crippen LogP contribution in [0.25, 0.3) is 6.08 Å². The highest BCUT2D eigenvalue weighted by molar-refractivity contribution is 5.92. The van der Waals surface area contributed by atoms with Gasteiger partial charge in [0, 0.05) is 6.08 Å². The second-order valence-electron chi connectivity index (χ2n) is 2.61. The molecule has 0 bridgehead atoms. The van der Waals surface area contributed by atoms with E-state index in [9.17, 15) is 9.59 Å². The molecule has 0 saturated carbocycles. The highest BCUT2D eigenvalue weighted by Gasteiger charge is 1.92. The van der Waals surface area contributed by atoms with Gasteiger partial charge in [0.15, 0.2) is 0 Å². The molecular weight excluding hydrogens is 178 g/mol. The van der Waals surface area contributed by atoms with Crippen LogP contribution in [0.2, 0.25) is 0 Å². The second-order valence-corrected chi connectivity index (χ2v) is 2.61. The number of benzene rings is 1. The molecule has 1 radical (unpaired) electrons. The minimum Gasteiger partial charge on any atom is -0.345 e. The summed E-state index contributed by atoms with van der Waals surface area (Å²) in [5.74, 6) is -0.294. The summed E-state index contributed by atoms with van der Waals surface area (Å²) in [4.78, 5) is 20.8. The minimum atomic E-state index is -0.294. The molecule has 71 valence electrons. The number of carbonyl (C=O) groups excluding carboxylic acids is 2. The van der Waals surface area contributed by atoms with Gasteiger partial charge < -0.3 is 5.32 Å². The Kier molecular flexibility index (Phi) is 4.14. The van der Waals surface area contributed by atoms with E-state index in [-0.39, 0.29) is 12.5 Å². The molecule has 1 aromatic carbocycles. The zero-order valence-corrected chi connectivity index (χ0v) is 7.57. The minimum absolute atomic E-state index is 0.0715. The molecule has 14 heavy (non-hydrogen) atoms. The highest BCUT2D eigenvalue weighted by atomic mass is 16.2. The van der Waals surface area contributed by atoms with Crippen molar-refractivity contribution in [2.24, 2.45) is 0 Å². The molecule has 0 unspecified atom stereocenters. The van der Waals surface area contributed by atoms with Gasteiger partial charge in [0.05, 0.1) is 6.54 Å². The zero-order valence-electron chi connectivity index (χ0n) is 7.57. The van der Waals surface area contributed by atoms with Gasteiger partial charge >= 0.3 is 0 Å². The van der Waals surface area contributed by atoms with Gasteiger partial charge in [-0.15, -0.1) is 0 Å². The van der Waals surface area contributed by atoms with E-state index in [2.05, 4.69) is 5.32 Å². The molecule has 0 saturated heterocycles. The summed E-state index contributed by atoms with van der Waals surface area (Å²) in [6.45, 7) is -0.0715. The van der Waals surface area contributed by atoms with Crippen LogP contribution in [-0.2, 0) is 9.59 Å². The van der Waals surface area contributed by atoms with Crippen molar-refractivity contribution in [1.82, 2.24) is 5.32 Å². The lowest BCUT2D eigenvalue weighted by Gasteiger charge is -1.93. The van der Waals surface area contributed by atoms with Crippen LogP contribution < -0.4 is 5.32 Å². The fourth-order valence-electron chi connectivity index (χ4n) is 0.918. The van der Waals surface area contributed by atoms with Crippen LogP contribution in [0.3, 0.4) is 0 Å². The Labute approximate surface area is 82.4 Å². The summed E-state index contributed by atoms with van der Waals surface area (Å²) in [6.07, 6.45) is 4.64. The molecular formula is C11H10NO2. The quantitative estimate of drug-likeness (QED) is 0.714. The fraction of sp³-hybridized carbons (Fsp3) is 0.0909. The lowest BCUT2D eigenvalue weighted by atomic mass is 10.2. The van der Waals surface area contributed by atoms with Crippen molar-refractivity contribution < 1.29 is 9.59 Å². The Bertz CT molecular complexity index is 330. The number of carbonyl (C=O) groups is 1. The monoisotopic (exact) mass is 188 g/mol. The summed E-state index contributed by atoms with van der Waals surface area (Å²) < 4.78 is 0. The van der Waals surface area contributed by atoms with Crippen molar-refractivity contribution in [2.75, 3.05) is 6.54 Å². The van der Waals surface area contributed by atoms with Gasteiger partial charge in [-0.25, -0.2) is 0 Å². The molecule has 1 rings (SSSR count). The van der Waals surface area contributed by atoms with Crippen LogP contribution in [0.5, 0.6) is 0 Å². The first-order valence-electron chi connectivity index (χ1n) is 4.19. The first-order chi connectivity index (χ1) is 6.83. The average Bonchev–Trinajstić information content (AvgIpc) is 2.25. The second kappa shape index (κ2) is 5.70. The first-order valence-corrected chi connectivity index (χ1v) is 4.19. The van der Waals surface area contributed by atoms with Crippen molar-refractivity contribution in [3.63, 3.8) is 0 Å². The van der Waals surface area contributed by atoms with Crippen LogP contribution in [0.15, 0.2) is 36.4 Å². The smallest absolute Gasteiger partial charge is 0.244 e. The van der Waals surface area contributed by atoms with E-state index in [1.54, 1.807) is 12.4 Å². The van der Waals surface area contributed by atoms with Crippen LogP contribution in [0.1, 0.15) is 5.56 Å². The van der Waals surface area contributed by atoms with E-state index in [1.807, 2.05) is 30.3 Å².